The Balaban J connectivity index is 1.65. The number of hydrogen-bond acceptors (Lipinski definition) is 4. The molecule has 0 aliphatic carbocycles. The van der Waals surface area contributed by atoms with E-state index in [1.165, 1.54) is 0 Å². The van der Waals surface area contributed by atoms with Crippen molar-refractivity contribution in [1.29, 1.82) is 0 Å². The van der Waals surface area contributed by atoms with Crippen LogP contribution >= 0.6 is 0 Å². The minimum atomic E-state index is -0.170. The second kappa shape index (κ2) is 7.46. The molecule has 1 saturated heterocycles. The third kappa shape index (κ3) is 3.63. The highest BCUT2D eigenvalue weighted by atomic mass is 16.3. The molecule has 6 heteroatoms. The van der Waals surface area contributed by atoms with Gasteiger partial charge >= 0.3 is 0 Å². The summed E-state index contributed by atoms with van der Waals surface area (Å²) in [6.45, 7) is 4.78. The smallest absolute Gasteiger partial charge is 0.290 e. The first-order valence-corrected chi connectivity index (χ1v) is 9.48. The van der Waals surface area contributed by atoms with Crippen LogP contribution in [0, 0.1) is 13.8 Å². The first kappa shape index (κ1) is 18.2. The highest BCUT2D eigenvalue weighted by Gasteiger charge is 2.29. The third-order valence-corrected chi connectivity index (χ3v) is 5.20. The fourth-order valence-corrected chi connectivity index (χ4v) is 3.69. The Morgan fingerprint density at radius 1 is 1.32 bits per heavy atom. The van der Waals surface area contributed by atoms with Gasteiger partial charge in [0, 0.05) is 48.9 Å². The number of nitrogens with zero attached hydrogens (tertiary/aromatic N) is 2. The summed E-state index contributed by atoms with van der Waals surface area (Å²) in [5, 5.41) is 3.90. The van der Waals surface area contributed by atoms with Crippen molar-refractivity contribution in [2.24, 2.45) is 0 Å². The molecule has 0 spiro atoms. The van der Waals surface area contributed by atoms with Crippen LogP contribution in [0.25, 0.3) is 11.0 Å². The van der Waals surface area contributed by atoms with Gasteiger partial charge in [-0.15, -0.1) is 0 Å². The number of aromatic nitrogens is 1. The van der Waals surface area contributed by atoms with Gasteiger partial charge in [0.2, 0.25) is 5.91 Å². The van der Waals surface area contributed by atoms with E-state index >= 15 is 0 Å². The molecule has 28 heavy (non-hydrogen) atoms. The molecule has 144 valence electrons. The molecule has 6 nitrogen and oxygen atoms in total. The van der Waals surface area contributed by atoms with Crippen molar-refractivity contribution in [1.82, 2.24) is 15.2 Å². The fourth-order valence-electron chi connectivity index (χ4n) is 3.69. The minimum absolute atomic E-state index is 0.0363. The summed E-state index contributed by atoms with van der Waals surface area (Å²) >= 11 is 0. The van der Waals surface area contributed by atoms with Gasteiger partial charge in [-0.3, -0.25) is 14.6 Å². The van der Waals surface area contributed by atoms with Crippen LogP contribution in [0.15, 0.2) is 47.1 Å². The van der Waals surface area contributed by atoms with Gasteiger partial charge in [-0.1, -0.05) is 17.7 Å². The van der Waals surface area contributed by atoms with Crippen molar-refractivity contribution in [3.05, 3.63) is 65.2 Å². The molecule has 0 saturated carbocycles. The molecule has 3 heterocycles. The van der Waals surface area contributed by atoms with Crippen LogP contribution in [0.1, 0.15) is 40.1 Å². The lowest BCUT2D eigenvalue weighted by Gasteiger charge is -2.25. The molecule has 3 aromatic rings. The molecule has 2 aromatic heterocycles. The highest BCUT2D eigenvalue weighted by molar-refractivity contribution is 5.99. The maximum atomic E-state index is 13.4. The Kier molecular flexibility index (Phi) is 4.86. The zero-order valence-corrected chi connectivity index (χ0v) is 16.1. The van der Waals surface area contributed by atoms with Gasteiger partial charge in [0.05, 0.1) is 0 Å². The van der Waals surface area contributed by atoms with Gasteiger partial charge in [-0.2, -0.15) is 0 Å². The standard InChI is InChI=1S/C22H23N3O3/c1-14-5-7-19-18(10-14)15(2)21(28-19)22(27)25(12-16-4-3-9-23-11-16)13-17-6-8-20(26)24-17/h3-5,7,9-11,17H,6,8,12-13H2,1-2H3,(H,24,26)/t17-/m0/s1. The summed E-state index contributed by atoms with van der Waals surface area (Å²) in [6, 6.07) is 9.66. The summed E-state index contributed by atoms with van der Waals surface area (Å²) < 4.78 is 5.93. The topological polar surface area (TPSA) is 75.4 Å². The lowest BCUT2D eigenvalue weighted by Crippen LogP contribution is -2.41. The minimum Gasteiger partial charge on any atom is -0.451 e. The van der Waals surface area contributed by atoms with Crippen molar-refractivity contribution in [3.8, 4) is 0 Å². The number of furan rings is 1. The van der Waals surface area contributed by atoms with E-state index in [1.807, 2.05) is 44.2 Å². The summed E-state index contributed by atoms with van der Waals surface area (Å²) in [5.74, 6) is 0.222. The van der Waals surface area contributed by atoms with E-state index in [2.05, 4.69) is 10.3 Å². The molecule has 1 N–H and O–H groups in total. The second-order valence-electron chi connectivity index (χ2n) is 7.41. The van der Waals surface area contributed by atoms with Crippen LogP contribution < -0.4 is 5.32 Å². The van der Waals surface area contributed by atoms with Crippen molar-refractivity contribution in [3.63, 3.8) is 0 Å². The second-order valence-corrected chi connectivity index (χ2v) is 7.41. The van der Waals surface area contributed by atoms with Crippen LogP contribution in [0.2, 0.25) is 0 Å². The molecule has 1 aliphatic heterocycles. The summed E-state index contributed by atoms with van der Waals surface area (Å²) in [5.41, 5.74) is 3.61. The normalized spacial score (nSPS) is 16.4. The molecule has 0 bridgehead atoms. The Hall–Kier alpha value is -3.15. The predicted octanol–water partition coefficient (Wildman–Crippen LogP) is 3.37. The molecule has 1 aromatic carbocycles. The van der Waals surface area contributed by atoms with Crippen molar-refractivity contribution in [2.45, 2.75) is 39.3 Å². The number of carbonyl (C=O) groups is 2. The van der Waals surface area contributed by atoms with E-state index in [4.69, 9.17) is 4.42 Å². The van der Waals surface area contributed by atoms with Gasteiger partial charge in [0.1, 0.15) is 5.58 Å². The summed E-state index contributed by atoms with van der Waals surface area (Å²) in [6.07, 6.45) is 4.69. The number of fused-ring (bicyclic) bond motifs is 1. The van der Waals surface area contributed by atoms with Crippen LogP contribution in [0.3, 0.4) is 0 Å². The first-order chi connectivity index (χ1) is 13.5. The van der Waals surface area contributed by atoms with E-state index < -0.39 is 0 Å². The molecule has 0 radical (unpaired) electrons. The van der Waals surface area contributed by atoms with E-state index in [0.29, 0.717) is 30.9 Å². The predicted molar refractivity (Wildman–Crippen MR) is 106 cm³/mol. The zero-order valence-electron chi connectivity index (χ0n) is 16.1. The molecule has 1 fully saturated rings. The number of pyridine rings is 1. The average Bonchev–Trinajstić information content (AvgIpc) is 3.25. The Labute approximate surface area is 163 Å². The van der Waals surface area contributed by atoms with Crippen LogP contribution in [-0.4, -0.2) is 34.3 Å². The largest absolute Gasteiger partial charge is 0.451 e. The van der Waals surface area contributed by atoms with Crippen LogP contribution in [-0.2, 0) is 11.3 Å². The number of nitrogens with one attached hydrogen (secondary N) is 1. The number of hydrogen-bond donors (Lipinski definition) is 1. The van der Waals surface area contributed by atoms with E-state index in [9.17, 15) is 9.59 Å². The molecule has 1 atom stereocenters. The molecule has 1 aliphatic rings. The zero-order chi connectivity index (χ0) is 19.7. The first-order valence-electron chi connectivity index (χ1n) is 9.48. The van der Waals surface area contributed by atoms with Crippen LogP contribution in [0.4, 0.5) is 0 Å². The maximum absolute atomic E-state index is 13.4. The van der Waals surface area contributed by atoms with E-state index in [1.54, 1.807) is 17.3 Å². The van der Waals surface area contributed by atoms with E-state index in [0.717, 1.165) is 28.5 Å². The number of aryl methyl sites for hydroxylation is 2. The molecule has 4 rings (SSSR count). The summed E-state index contributed by atoms with van der Waals surface area (Å²) in [4.78, 5) is 30.9. The van der Waals surface area contributed by atoms with E-state index in [-0.39, 0.29) is 17.9 Å². The van der Waals surface area contributed by atoms with Crippen molar-refractivity contribution < 1.29 is 14.0 Å². The van der Waals surface area contributed by atoms with Gasteiger partial charge in [0.15, 0.2) is 5.76 Å². The number of benzene rings is 1. The molecule has 0 unspecified atom stereocenters. The van der Waals surface area contributed by atoms with Crippen molar-refractivity contribution in [2.75, 3.05) is 6.54 Å². The third-order valence-electron chi connectivity index (χ3n) is 5.20. The van der Waals surface area contributed by atoms with Crippen molar-refractivity contribution >= 4 is 22.8 Å². The SMILES string of the molecule is Cc1ccc2oc(C(=O)N(Cc3cccnc3)C[C@@H]3CCC(=O)N3)c(C)c2c1. The lowest BCUT2D eigenvalue weighted by molar-refractivity contribution is -0.119. The molecular formula is C22H23N3O3. The molecular weight excluding hydrogens is 354 g/mol. The fraction of sp³-hybridized carbons (Fsp3) is 0.318. The van der Waals surface area contributed by atoms with Crippen LogP contribution in [0.5, 0.6) is 0 Å². The highest BCUT2D eigenvalue weighted by Crippen LogP contribution is 2.28. The lowest BCUT2D eigenvalue weighted by atomic mass is 10.1. The number of carbonyl (C=O) groups excluding carboxylic acids is 2. The van der Waals surface area contributed by atoms with Gasteiger partial charge in [0.25, 0.3) is 5.91 Å². The average molecular weight is 377 g/mol. The number of rotatable bonds is 5. The summed E-state index contributed by atoms with van der Waals surface area (Å²) in [7, 11) is 0. The Bertz CT molecular complexity index is 1030. The quantitative estimate of drug-likeness (QED) is 0.740. The Morgan fingerprint density at radius 2 is 2.18 bits per heavy atom. The van der Waals surface area contributed by atoms with Gasteiger partial charge in [-0.25, -0.2) is 0 Å². The Morgan fingerprint density at radius 3 is 2.89 bits per heavy atom. The monoisotopic (exact) mass is 377 g/mol. The van der Waals surface area contributed by atoms with Gasteiger partial charge < -0.3 is 14.6 Å². The maximum Gasteiger partial charge on any atom is 0.290 e. The van der Waals surface area contributed by atoms with Gasteiger partial charge in [-0.05, 0) is 44.0 Å². The number of amides is 2. The molecule has 2 amide bonds.